The highest BCUT2D eigenvalue weighted by molar-refractivity contribution is 7.76. The van der Waals surface area contributed by atoms with E-state index in [0.717, 1.165) is 31.6 Å². The van der Waals surface area contributed by atoms with Gasteiger partial charge in [0.1, 0.15) is 5.75 Å². The van der Waals surface area contributed by atoms with Gasteiger partial charge < -0.3 is 9.29 Å². The summed E-state index contributed by atoms with van der Waals surface area (Å²) < 4.78 is 28.6. The minimum absolute atomic E-state index is 0.282. The third-order valence-electron chi connectivity index (χ3n) is 7.99. The molecule has 6 heteroatoms. The van der Waals surface area contributed by atoms with Crippen molar-refractivity contribution in [3.63, 3.8) is 0 Å². The molecule has 214 valence electrons. The van der Waals surface area contributed by atoms with Crippen molar-refractivity contribution in [2.45, 2.75) is 154 Å². The second-order valence-corrected chi connectivity index (χ2v) is 13.1. The van der Waals surface area contributed by atoms with Crippen LogP contribution in [0.3, 0.4) is 0 Å². The molecule has 0 radical (unpaired) electrons. The van der Waals surface area contributed by atoms with Gasteiger partial charge in [0, 0.05) is 22.3 Å². The van der Waals surface area contributed by atoms with E-state index in [1.54, 1.807) is 0 Å². The summed E-state index contributed by atoms with van der Waals surface area (Å²) in [6.07, 6.45) is 20.9. The Bertz CT molecular complexity index is 748. The summed E-state index contributed by atoms with van der Waals surface area (Å²) in [5.74, 6) is 1.32. The summed E-state index contributed by atoms with van der Waals surface area (Å²) in [5.41, 5.74) is 0.735. The average molecular weight is 536 g/mol. The van der Waals surface area contributed by atoms with Crippen molar-refractivity contribution in [3.05, 3.63) is 29.8 Å². The van der Waals surface area contributed by atoms with Gasteiger partial charge in [-0.15, -0.1) is 0 Å². The maximum Gasteiger partial charge on any atom is 0.119 e. The van der Waals surface area contributed by atoms with Gasteiger partial charge in [-0.1, -0.05) is 103 Å². The number of ether oxygens (including phenoxy) is 1. The van der Waals surface area contributed by atoms with E-state index in [9.17, 15) is 8.76 Å². The first-order valence-corrected chi connectivity index (χ1v) is 16.1. The summed E-state index contributed by atoms with van der Waals surface area (Å²) in [4.78, 5) is 2.64. The van der Waals surface area contributed by atoms with Gasteiger partial charge in [-0.2, -0.15) is 4.83 Å². The zero-order valence-electron chi connectivity index (χ0n) is 24.5. The second-order valence-electron chi connectivity index (χ2n) is 12.4. The van der Waals surface area contributed by atoms with Crippen LogP contribution in [0.4, 0.5) is 0 Å². The molecule has 0 amide bonds. The van der Waals surface area contributed by atoms with Crippen LogP contribution in [0.5, 0.6) is 5.75 Å². The van der Waals surface area contributed by atoms with E-state index in [-0.39, 0.29) is 11.1 Å². The lowest BCUT2D eigenvalue weighted by Crippen LogP contribution is -2.65. The molecule has 0 saturated carbocycles. The predicted molar refractivity (Wildman–Crippen MR) is 156 cm³/mol. The lowest BCUT2D eigenvalue weighted by Gasteiger charge is -2.55. The smallest absolute Gasteiger partial charge is 0.119 e. The van der Waals surface area contributed by atoms with Crippen molar-refractivity contribution in [2.75, 3.05) is 6.61 Å². The van der Waals surface area contributed by atoms with Crippen molar-refractivity contribution < 1.29 is 13.5 Å². The van der Waals surface area contributed by atoms with Crippen LogP contribution < -0.4 is 9.57 Å². The number of nitrogens with one attached hydrogen (secondary N) is 1. The first-order chi connectivity index (χ1) is 17.7. The quantitative estimate of drug-likeness (QED) is 0.142. The first-order valence-electron chi connectivity index (χ1n) is 15.0. The topological polar surface area (TPSA) is 64.6 Å². The molecule has 5 nitrogen and oxygen atoms in total. The first kappa shape index (κ1) is 32.3. The number of unbranched alkanes of at least 4 members (excludes halogenated alkanes) is 13. The molecule has 0 bridgehead atoms. The molecular formula is C31H55N2O3S-. The van der Waals surface area contributed by atoms with E-state index in [1.165, 1.54) is 89.0 Å². The van der Waals surface area contributed by atoms with E-state index in [4.69, 9.17) is 4.74 Å². The van der Waals surface area contributed by atoms with E-state index >= 15 is 0 Å². The Morgan fingerprint density at radius 2 is 1.24 bits per heavy atom. The minimum Gasteiger partial charge on any atom is -0.759 e. The molecule has 2 rings (SSSR count). The van der Waals surface area contributed by atoms with Crippen LogP contribution in [0.2, 0.25) is 0 Å². The Balaban J connectivity index is 1.58. The van der Waals surface area contributed by atoms with E-state index in [2.05, 4.69) is 63.7 Å². The molecule has 0 aliphatic carbocycles. The molecule has 1 atom stereocenters. The lowest BCUT2D eigenvalue weighted by atomic mass is 9.72. The van der Waals surface area contributed by atoms with Gasteiger partial charge in [0.05, 0.1) is 6.61 Å². The number of hydrogen-bond donors (Lipinski definition) is 1. The number of hydrogen-bond acceptors (Lipinski definition) is 4. The van der Waals surface area contributed by atoms with Gasteiger partial charge in [-0.3, -0.25) is 4.21 Å². The van der Waals surface area contributed by atoms with Crippen LogP contribution in [0.25, 0.3) is 0 Å². The van der Waals surface area contributed by atoms with E-state index in [0.29, 0.717) is 5.92 Å². The molecule has 1 aromatic carbocycles. The number of nitrogens with zero attached hydrogens (tertiary/aromatic N) is 1. The summed E-state index contributed by atoms with van der Waals surface area (Å²) >= 11 is -2.32. The van der Waals surface area contributed by atoms with Crippen LogP contribution in [0.1, 0.15) is 149 Å². The molecular weight excluding hydrogens is 480 g/mol. The van der Waals surface area contributed by atoms with Gasteiger partial charge in [0.25, 0.3) is 0 Å². The minimum atomic E-state index is -2.32. The summed E-state index contributed by atoms with van der Waals surface area (Å²) in [6.45, 7) is 11.5. The summed E-state index contributed by atoms with van der Waals surface area (Å²) in [6, 6.07) is 8.56. The Morgan fingerprint density at radius 3 is 1.68 bits per heavy atom. The van der Waals surface area contributed by atoms with Crippen molar-refractivity contribution in [1.82, 2.24) is 9.84 Å². The van der Waals surface area contributed by atoms with Crippen LogP contribution in [-0.2, 0) is 11.3 Å². The highest BCUT2D eigenvalue weighted by Crippen LogP contribution is 2.44. The van der Waals surface area contributed by atoms with Gasteiger partial charge in [0.15, 0.2) is 0 Å². The van der Waals surface area contributed by atoms with Crippen LogP contribution in [-0.4, -0.2) is 31.5 Å². The molecule has 0 spiro atoms. The number of piperidine rings is 1. The van der Waals surface area contributed by atoms with Crippen molar-refractivity contribution in [1.29, 1.82) is 0 Å². The number of hydrazine groups is 1. The molecule has 1 fully saturated rings. The molecule has 1 aliphatic rings. The monoisotopic (exact) mass is 535 g/mol. The molecule has 1 N–H and O–H groups in total. The van der Waals surface area contributed by atoms with Crippen LogP contribution >= 0.6 is 0 Å². The predicted octanol–water partition coefficient (Wildman–Crippen LogP) is 8.58. The highest BCUT2D eigenvalue weighted by atomic mass is 32.2. The van der Waals surface area contributed by atoms with Crippen LogP contribution in [0, 0.1) is 0 Å². The SMILES string of the molecule is CCCCCCCCCCCCCCCCOc1ccc(C2CC(C)(C)N(NS(=O)[O-])C(C)(C)C2)cc1. The van der Waals surface area contributed by atoms with Gasteiger partial charge >= 0.3 is 0 Å². The average Bonchev–Trinajstić information content (AvgIpc) is 2.83. The Hall–Kier alpha value is -0.950. The Morgan fingerprint density at radius 1 is 0.811 bits per heavy atom. The van der Waals surface area contributed by atoms with Gasteiger partial charge in [-0.05, 0) is 70.6 Å². The zero-order chi connectivity index (χ0) is 27.2. The normalized spacial score (nSPS) is 18.6. The van der Waals surface area contributed by atoms with Crippen molar-refractivity contribution >= 4 is 11.3 Å². The molecule has 1 heterocycles. The summed E-state index contributed by atoms with van der Waals surface area (Å²) in [5, 5.41) is 1.90. The molecule has 37 heavy (non-hydrogen) atoms. The van der Waals surface area contributed by atoms with Crippen molar-refractivity contribution in [2.24, 2.45) is 0 Å². The third-order valence-corrected chi connectivity index (χ3v) is 8.32. The number of benzene rings is 1. The lowest BCUT2D eigenvalue weighted by molar-refractivity contribution is -0.0560. The Kier molecular flexibility index (Phi) is 14.7. The van der Waals surface area contributed by atoms with Gasteiger partial charge in [-0.25, -0.2) is 5.01 Å². The molecule has 0 aromatic heterocycles. The van der Waals surface area contributed by atoms with Gasteiger partial charge in [0.2, 0.25) is 0 Å². The van der Waals surface area contributed by atoms with E-state index in [1.807, 2.05) is 5.01 Å². The largest absolute Gasteiger partial charge is 0.759 e. The third kappa shape index (κ3) is 12.2. The summed E-state index contributed by atoms with van der Waals surface area (Å²) in [7, 11) is 0. The maximum atomic E-state index is 11.3. The zero-order valence-corrected chi connectivity index (χ0v) is 25.3. The fourth-order valence-corrected chi connectivity index (χ4v) is 6.80. The molecule has 1 saturated heterocycles. The standard InChI is InChI=1S/C31H56N2O3S/c1-6-7-8-9-10-11-12-13-14-15-16-17-18-19-24-36-29-22-20-27(21-23-29)28-25-30(2,3)33(32-37(34)35)31(4,5)26-28/h20-23,28,32H,6-19,24-26H2,1-5H3,(H,34,35)/p-1. The molecule has 1 unspecified atom stereocenters. The highest BCUT2D eigenvalue weighted by Gasteiger charge is 2.46. The fraction of sp³-hybridized carbons (Fsp3) is 0.806. The molecule has 1 aliphatic heterocycles. The molecule has 1 aromatic rings. The second kappa shape index (κ2) is 16.9. The maximum absolute atomic E-state index is 11.3. The fourth-order valence-electron chi connectivity index (χ4n) is 6.16. The van der Waals surface area contributed by atoms with Crippen LogP contribution in [0.15, 0.2) is 24.3 Å². The number of rotatable bonds is 19. The Labute approximate surface area is 230 Å². The van der Waals surface area contributed by atoms with Crippen molar-refractivity contribution in [3.8, 4) is 5.75 Å². The van der Waals surface area contributed by atoms with E-state index < -0.39 is 11.3 Å².